The molecule has 0 aliphatic carbocycles. The van der Waals surface area contributed by atoms with Gasteiger partial charge in [-0.2, -0.15) is 0 Å². The van der Waals surface area contributed by atoms with Crippen molar-refractivity contribution in [3.05, 3.63) is 36.4 Å². The molecule has 5 heteroatoms. The van der Waals surface area contributed by atoms with Gasteiger partial charge in [-0.15, -0.1) is 0 Å². The van der Waals surface area contributed by atoms with E-state index in [2.05, 4.69) is 6.58 Å². The van der Waals surface area contributed by atoms with Gasteiger partial charge in [0.05, 0.1) is 4.90 Å². The van der Waals surface area contributed by atoms with E-state index in [9.17, 15) is 8.42 Å². The summed E-state index contributed by atoms with van der Waals surface area (Å²) >= 11 is 0. The average Bonchev–Trinajstić information content (AvgIpc) is 2.34. The Bertz CT molecular complexity index is 523. The molecule has 3 nitrogen and oxygen atoms in total. The summed E-state index contributed by atoms with van der Waals surface area (Å²) in [5, 5.41) is 0. The van der Waals surface area contributed by atoms with Crippen molar-refractivity contribution in [1.82, 2.24) is 0 Å². The Morgan fingerprint density at radius 3 is 2.67 bits per heavy atom. The molecule has 0 heterocycles. The van der Waals surface area contributed by atoms with E-state index in [1.165, 1.54) is 6.07 Å². The first kappa shape index (κ1) is 15.1. The Hall–Kier alpha value is -1.00. The van der Waals surface area contributed by atoms with Crippen LogP contribution in [0.25, 0.3) is 0 Å². The molecule has 1 aromatic carbocycles. The number of benzene rings is 1. The minimum atomic E-state index is -3.71. The maximum Gasteiger partial charge on any atom is 0.261 e. The van der Waals surface area contributed by atoms with E-state index in [1.54, 1.807) is 18.2 Å². The molecule has 0 saturated carbocycles. The number of rotatable bonds is 6. The van der Waals surface area contributed by atoms with Gasteiger partial charge >= 0.3 is 0 Å². The van der Waals surface area contributed by atoms with Gasteiger partial charge in [-0.1, -0.05) is 26.5 Å². The zero-order chi connectivity index (χ0) is 13.8. The number of ether oxygens (including phenoxy) is 1. The van der Waals surface area contributed by atoms with Crippen LogP contribution in [0.1, 0.15) is 31.7 Å². The summed E-state index contributed by atoms with van der Waals surface area (Å²) < 4.78 is 28.2. The molecule has 0 aromatic heterocycles. The molecule has 0 spiro atoms. The molecule has 0 bridgehead atoms. The normalized spacial score (nSPS) is 13.1. The van der Waals surface area contributed by atoms with Crippen molar-refractivity contribution in [1.29, 1.82) is 0 Å². The summed E-state index contributed by atoms with van der Waals surface area (Å²) in [5.74, 6) is 0.872. The predicted molar refractivity (Wildman–Crippen MR) is 73.9 cm³/mol. The monoisotopic (exact) mass is 288 g/mol. The van der Waals surface area contributed by atoms with Crippen molar-refractivity contribution in [3.8, 4) is 5.75 Å². The summed E-state index contributed by atoms with van der Waals surface area (Å²) in [7, 11) is 1.64. The summed E-state index contributed by atoms with van der Waals surface area (Å²) in [5.41, 5.74) is 0.848. The van der Waals surface area contributed by atoms with Gasteiger partial charge in [-0.05, 0) is 36.1 Å². The molecule has 18 heavy (non-hydrogen) atoms. The van der Waals surface area contributed by atoms with Crippen molar-refractivity contribution in [2.45, 2.75) is 31.1 Å². The third-order valence-corrected chi connectivity index (χ3v) is 4.11. The fraction of sp³-hybridized carbons (Fsp3) is 0.385. The molecular formula is C13H17ClO3S. The van der Waals surface area contributed by atoms with E-state index in [-0.39, 0.29) is 10.8 Å². The second-order valence-electron chi connectivity index (χ2n) is 4.05. The summed E-state index contributed by atoms with van der Waals surface area (Å²) in [6.07, 6.45) is 2.53. The van der Waals surface area contributed by atoms with Crippen LogP contribution in [0.3, 0.4) is 0 Å². The quantitative estimate of drug-likeness (QED) is 0.592. The maximum absolute atomic E-state index is 11.3. The Balaban J connectivity index is 3.24. The Morgan fingerprint density at radius 2 is 2.17 bits per heavy atom. The maximum atomic E-state index is 11.3. The molecule has 0 amide bonds. The van der Waals surface area contributed by atoms with Crippen LogP contribution in [0.4, 0.5) is 0 Å². The smallest absolute Gasteiger partial charge is 0.261 e. The molecule has 0 aliphatic heterocycles. The van der Waals surface area contributed by atoms with E-state index in [0.717, 1.165) is 12.0 Å². The first-order chi connectivity index (χ1) is 8.40. The highest BCUT2D eigenvalue weighted by Crippen LogP contribution is 2.32. The van der Waals surface area contributed by atoms with Gasteiger partial charge in [0.2, 0.25) is 0 Å². The minimum Gasteiger partial charge on any atom is -0.489 e. The van der Waals surface area contributed by atoms with Gasteiger partial charge in [-0.25, -0.2) is 8.42 Å². The first-order valence-corrected chi connectivity index (χ1v) is 8.03. The van der Waals surface area contributed by atoms with Crippen LogP contribution in [-0.4, -0.2) is 15.0 Å². The van der Waals surface area contributed by atoms with Crippen molar-refractivity contribution in [2.24, 2.45) is 0 Å². The lowest BCUT2D eigenvalue weighted by Crippen LogP contribution is -2.02. The van der Waals surface area contributed by atoms with E-state index < -0.39 is 9.05 Å². The minimum absolute atomic E-state index is 0.102. The lowest BCUT2D eigenvalue weighted by Gasteiger charge is -2.16. The van der Waals surface area contributed by atoms with Crippen molar-refractivity contribution in [3.63, 3.8) is 0 Å². The van der Waals surface area contributed by atoms with E-state index in [0.29, 0.717) is 12.4 Å². The highest BCUT2D eigenvalue weighted by molar-refractivity contribution is 8.13. The second kappa shape index (κ2) is 6.25. The molecule has 100 valence electrons. The number of halogens is 1. The molecule has 0 N–H and O–H groups in total. The summed E-state index contributed by atoms with van der Waals surface area (Å²) in [4.78, 5) is 0.102. The largest absolute Gasteiger partial charge is 0.489 e. The molecule has 1 rings (SSSR count). The second-order valence-corrected chi connectivity index (χ2v) is 6.61. The first-order valence-electron chi connectivity index (χ1n) is 5.72. The fourth-order valence-corrected chi connectivity index (χ4v) is 2.35. The molecule has 0 saturated heterocycles. The average molecular weight is 289 g/mol. The molecule has 0 aliphatic rings. The van der Waals surface area contributed by atoms with Gasteiger partial charge in [0.1, 0.15) is 12.4 Å². The molecule has 1 aromatic rings. The highest BCUT2D eigenvalue weighted by Gasteiger charge is 2.16. The zero-order valence-corrected chi connectivity index (χ0v) is 12.1. The van der Waals surface area contributed by atoms with Crippen LogP contribution in [0, 0.1) is 0 Å². The fourth-order valence-electron chi connectivity index (χ4n) is 1.56. The topological polar surface area (TPSA) is 43.4 Å². The molecule has 0 fully saturated rings. The number of hydrogen-bond acceptors (Lipinski definition) is 3. The van der Waals surface area contributed by atoms with Crippen molar-refractivity contribution >= 4 is 19.7 Å². The van der Waals surface area contributed by atoms with Gasteiger partial charge in [-0.3, -0.25) is 0 Å². The van der Waals surface area contributed by atoms with Crippen molar-refractivity contribution in [2.75, 3.05) is 6.61 Å². The standard InChI is InChI=1S/C13H17ClO3S/c1-4-8-17-13-7-6-11(18(14,15)16)9-12(13)10(3)5-2/h4,6-7,9-10H,1,5,8H2,2-3H3. The third-order valence-electron chi connectivity index (χ3n) is 2.76. The van der Waals surface area contributed by atoms with Gasteiger partial charge in [0.15, 0.2) is 0 Å². The SMILES string of the molecule is C=CCOc1ccc(S(=O)(=O)Cl)cc1C(C)CC. The van der Waals surface area contributed by atoms with Crippen LogP contribution in [0.5, 0.6) is 5.75 Å². The summed E-state index contributed by atoms with van der Waals surface area (Å²) in [6, 6.07) is 4.67. The van der Waals surface area contributed by atoms with E-state index in [4.69, 9.17) is 15.4 Å². The zero-order valence-electron chi connectivity index (χ0n) is 10.5. The lowest BCUT2D eigenvalue weighted by atomic mass is 9.98. The molecule has 1 unspecified atom stereocenters. The van der Waals surface area contributed by atoms with Gasteiger partial charge in [0, 0.05) is 10.7 Å². The Labute approximate surface area is 113 Å². The predicted octanol–water partition coefficient (Wildman–Crippen LogP) is 3.69. The molecule has 0 radical (unpaired) electrons. The molecule has 1 atom stereocenters. The summed E-state index contributed by atoms with van der Waals surface area (Å²) in [6.45, 7) is 8.02. The van der Waals surface area contributed by atoms with Crippen molar-refractivity contribution < 1.29 is 13.2 Å². The highest BCUT2D eigenvalue weighted by atomic mass is 35.7. The number of hydrogen-bond donors (Lipinski definition) is 0. The lowest BCUT2D eigenvalue weighted by molar-refractivity contribution is 0.356. The van der Waals surface area contributed by atoms with Crippen LogP contribution in [0.2, 0.25) is 0 Å². The van der Waals surface area contributed by atoms with Crippen LogP contribution < -0.4 is 4.74 Å². The van der Waals surface area contributed by atoms with Gasteiger partial charge in [0.25, 0.3) is 9.05 Å². The third kappa shape index (κ3) is 3.75. The molecular weight excluding hydrogens is 272 g/mol. The Kier molecular flexibility index (Phi) is 5.23. The Morgan fingerprint density at radius 1 is 1.50 bits per heavy atom. The van der Waals surface area contributed by atoms with Crippen LogP contribution in [0.15, 0.2) is 35.7 Å². The van der Waals surface area contributed by atoms with Crippen LogP contribution in [-0.2, 0) is 9.05 Å². The van der Waals surface area contributed by atoms with Gasteiger partial charge < -0.3 is 4.74 Å². The van der Waals surface area contributed by atoms with E-state index >= 15 is 0 Å². The van der Waals surface area contributed by atoms with Crippen LogP contribution >= 0.6 is 10.7 Å². The van der Waals surface area contributed by atoms with E-state index in [1.807, 2.05) is 13.8 Å².